The van der Waals surface area contributed by atoms with Crippen LogP contribution in [0.5, 0.6) is 0 Å². The minimum absolute atomic E-state index is 0.0777. The van der Waals surface area contributed by atoms with Gasteiger partial charge in [-0.25, -0.2) is 0 Å². The number of halogens is 1. The molecule has 0 aliphatic rings. The highest BCUT2D eigenvalue weighted by atomic mass is 79.9. The standard InChI is InChI=1S/C10H12BrNO2S/c11-7-2-3-8(9(15)6-7)10(14)12-4-1-5-13/h2-3,6,13,15H,1,4-5H2,(H,12,14). The van der Waals surface area contributed by atoms with E-state index in [2.05, 4.69) is 33.9 Å². The Bertz CT molecular complexity index is 357. The van der Waals surface area contributed by atoms with Gasteiger partial charge in [-0.05, 0) is 24.6 Å². The third-order valence-corrected chi connectivity index (χ3v) is 2.69. The Labute approximate surface area is 102 Å². The minimum atomic E-state index is -0.166. The molecule has 0 atom stereocenters. The lowest BCUT2D eigenvalue weighted by atomic mass is 10.2. The van der Waals surface area contributed by atoms with E-state index in [1.807, 2.05) is 0 Å². The van der Waals surface area contributed by atoms with E-state index in [0.29, 0.717) is 23.4 Å². The molecule has 1 amide bonds. The van der Waals surface area contributed by atoms with E-state index in [-0.39, 0.29) is 12.5 Å². The van der Waals surface area contributed by atoms with Crippen LogP contribution in [0.2, 0.25) is 0 Å². The maximum Gasteiger partial charge on any atom is 0.252 e. The summed E-state index contributed by atoms with van der Waals surface area (Å²) in [5.41, 5.74) is 0.541. The third-order valence-electron chi connectivity index (χ3n) is 1.82. The number of carbonyl (C=O) groups excluding carboxylic acids is 1. The van der Waals surface area contributed by atoms with Crippen molar-refractivity contribution in [3.8, 4) is 0 Å². The molecule has 0 aliphatic carbocycles. The number of carbonyl (C=O) groups is 1. The number of hydrogen-bond acceptors (Lipinski definition) is 3. The highest BCUT2D eigenvalue weighted by Gasteiger charge is 2.08. The number of benzene rings is 1. The van der Waals surface area contributed by atoms with Gasteiger partial charge in [0.05, 0.1) is 5.56 Å². The van der Waals surface area contributed by atoms with E-state index in [9.17, 15) is 4.79 Å². The van der Waals surface area contributed by atoms with E-state index in [1.165, 1.54) is 0 Å². The number of aliphatic hydroxyl groups is 1. The van der Waals surface area contributed by atoms with Crippen molar-refractivity contribution in [2.75, 3.05) is 13.2 Å². The number of rotatable bonds is 4. The second kappa shape index (κ2) is 6.15. The van der Waals surface area contributed by atoms with Gasteiger partial charge in [0.1, 0.15) is 0 Å². The normalized spacial score (nSPS) is 10.1. The smallest absolute Gasteiger partial charge is 0.252 e. The first-order valence-corrected chi connectivity index (χ1v) is 5.76. The summed E-state index contributed by atoms with van der Waals surface area (Å²) in [4.78, 5) is 12.2. The van der Waals surface area contributed by atoms with Gasteiger partial charge in [-0.3, -0.25) is 4.79 Å². The third kappa shape index (κ3) is 3.85. The fourth-order valence-electron chi connectivity index (χ4n) is 1.07. The van der Waals surface area contributed by atoms with E-state index in [4.69, 9.17) is 5.11 Å². The Balaban J connectivity index is 2.65. The number of nitrogens with one attached hydrogen (secondary N) is 1. The topological polar surface area (TPSA) is 49.3 Å². The monoisotopic (exact) mass is 289 g/mol. The Kier molecular flexibility index (Phi) is 5.14. The molecule has 5 heteroatoms. The first kappa shape index (κ1) is 12.5. The van der Waals surface area contributed by atoms with Crippen LogP contribution in [0, 0.1) is 0 Å². The highest BCUT2D eigenvalue weighted by Crippen LogP contribution is 2.19. The van der Waals surface area contributed by atoms with Gasteiger partial charge >= 0.3 is 0 Å². The lowest BCUT2D eigenvalue weighted by Gasteiger charge is -2.06. The fourth-order valence-corrected chi connectivity index (χ4v) is 1.93. The molecule has 3 nitrogen and oxygen atoms in total. The first-order valence-electron chi connectivity index (χ1n) is 4.52. The van der Waals surface area contributed by atoms with Crippen molar-refractivity contribution >= 4 is 34.5 Å². The van der Waals surface area contributed by atoms with Gasteiger partial charge in [-0.1, -0.05) is 15.9 Å². The fraction of sp³-hybridized carbons (Fsp3) is 0.300. The van der Waals surface area contributed by atoms with Gasteiger partial charge in [0.25, 0.3) is 5.91 Å². The summed E-state index contributed by atoms with van der Waals surface area (Å²) < 4.78 is 0.888. The zero-order valence-corrected chi connectivity index (χ0v) is 10.5. The van der Waals surface area contributed by atoms with Gasteiger partial charge in [-0.2, -0.15) is 0 Å². The zero-order valence-electron chi connectivity index (χ0n) is 8.03. The molecule has 1 rings (SSSR count). The Morgan fingerprint density at radius 3 is 2.87 bits per heavy atom. The van der Waals surface area contributed by atoms with Gasteiger partial charge in [-0.15, -0.1) is 12.6 Å². The van der Waals surface area contributed by atoms with Crippen molar-refractivity contribution in [2.24, 2.45) is 0 Å². The summed E-state index contributed by atoms with van der Waals surface area (Å²) in [6.07, 6.45) is 0.560. The van der Waals surface area contributed by atoms with Gasteiger partial charge < -0.3 is 10.4 Å². The summed E-state index contributed by atoms with van der Waals surface area (Å²) >= 11 is 7.51. The Morgan fingerprint density at radius 1 is 1.53 bits per heavy atom. The van der Waals surface area contributed by atoms with Crippen molar-refractivity contribution in [2.45, 2.75) is 11.3 Å². The molecule has 0 saturated carbocycles. The molecule has 0 fully saturated rings. The maximum absolute atomic E-state index is 11.6. The Hall–Kier alpha value is -0.520. The molecule has 0 saturated heterocycles. The summed E-state index contributed by atoms with van der Waals surface area (Å²) in [6, 6.07) is 5.27. The first-order chi connectivity index (χ1) is 7.15. The van der Waals surface area contributed by atoms with Gasteiger partial charge in [0, 0.05) is 22.5 Å². The van der Waals surface area contributed by atoms with Gasteiger partial charge in [0.15, 0.2) is 0 Å². The molecule has 0 aromatic heterocycles. The highest BCUT2D eigenvalue weighted by molar-refractivity contribution is 9.10. The van der Waals surface area contributed by atoms with Crippen LogP contribution in [-0.2, 0) is 0 Å². The van der Waals surface area contributed by atoms with Crippen molar-refractivity contribution in [1.29, 1.82) is 0 Å². The van der Waals surface area contributed by atoms with Crippen LogP contribution >= 0.6 is 28.6 Å². The molecular formula is C10H12BrNO2S. The van der Waals surface area contributed by atoms with Crippen LogP contribution in [0.1, 0.15) is 16.8 Å². The quantitative estimate of drug-likeness (QED) is 0.585. The summed E-state index contributed by atoms with van der Waals surface area (Å²) in [5, 5.41) is 11.3. The van der Waals surface area contributed by atoms with Crippen LogP contribution in [0.4, 0.5) is 0 Å². The lowest BCUT2D eigenvalue weighted by Crippen LogP contribution is -2.25. The summed E-state index contributed by atoms with van der Waals surface area (Å²) in [7, 11) is 0. The average molecular weight is 290 g/mol. The molecule has 82 valence electrons. The maximum atomic E-state index is 11.6. The number of hydrogen-bond donors (Lipinski definition) is 3. The largest absolute Gasteiger partial charge is 0.396 e. The number of amides is 1. The van der Waals surface area contributed by atoms with E-state index < -0.39 is 0 Å². The van der Waals surface area contributed by atoms with E-state index >= 15 is 0 Å². The molecule has 2 N–H and O–H groups in total. The van der Waals surface area contributed by atoms with Crippen molar-refractivity contribution in [3.05, 3.63) is 28.2 Å². The van der Waals surface area contributed by atoms with E-state index in [0.717, 1.165) is 4.47 Å². The number of thiol groups is 1. The Morgan fingerprint density at radius 2 is 2.27 bits per heavy atom. The predicted molar refractivity (Wildman–Crippen MR) is 65.4 cm³/mol. The second-order valence-corrected chi connectivity index (χ2v) is 4.39. The molecule has 0 unspecified atom stereocenters. The second-order valence-electron chi connectivity index (χ2n) is 2.99. The number of aliphatic hydroxyl groups excluding tert-OH is 1. The molecule has 1 aromatic rings. The molecule has 15 heavy (non-hydrogen) atoms. The predicted octanol–water partition coefficient (Wildman–Crippen LogP) is 1.85. The van der Waals surface area contributed by atoms with Gasteiger partial charge in [0.2, 0.25) is 0 Å². The van der Waals surface area contributed by atoms with E-state index in [1.54, 1.807) is 18.2 Å². The summed E-state index contributed by atoms with van der Waals surface area (Å²) in [6.45, 7) is 0.549. The molecule has 0 bridgehead atoms. The SMILES string of the molecule is O=C(NCCCO)c1ccc(Br)cc1S. The average Bonchev–Trinajstić information content (AvgIpc) is 2.17. The summed E-state index contributed by atoms with van der Waals surface area (Å²) in [5.74, 6) is -0.166. The van der Waals surface area contributed by atoms with Crippen LogP contribution in [0.25, 0.3) is 0 Å². The van der Waals surface area contributed by atoms with Crippen LogP contribution in [0.3, 0.4) is 0 Å². The molecule has 0 spiro atoms. The molecule has 1 aromatic carbocycles. The molecule has 0 radical (unpaired) electrons. The van der Waals surface area contributed by atoms with Crippen LogP contribution in [0.15, 0.2) is 27.6 Å². The molecule has 0 aliphatic heterocycles. The van der Waals surface area contributed by atoms with Crippen molar-refractivity contribution in [1.82, 2.24) is 5.32 Å². The van der Waals surface area contributed by atoms with Crippen LogP contribution in [-0.4, -0.2) is 24.2 Å². The minimum Gasteiger partial charge on any atom is -0.396 e. The van der Waals surface area contributed by atoms with Crippen LogP contribution < -0.4 is 5.32 Å². The molecule has 0 heterocycles. The lowest BCUT2D eigenvalue weighted by molar-refractivity contribution is 0.0948. The van der Waals surface area contributed by atoms with Crippen molar-refractivity contribution < 1.29 is 9.90 Å². The molecular weight excluding hydrogens is 278 g/mol. The zero-order chi connectivity index (χ0) is 11.3. The van der Waals surface area contributed by atoms with Crippen molar-refractivity contribution in [3.63, 3.8) is 0 Å².